The van der Waals surface area contributed by atoms with E-state index in [9.17, 15) is 4.79 Å². The number of benzene rings is 1. The Bertz CT molecular complexity index is 821. The molecule has 30 heavy (non-hydrogen) atoms. The molecule has 2 aliphatic rings. The molecule has 2 aliphatic heterocycles. The number of carbonyl (C=O) groups excluding carboxylic acids is 1. The highest BCUT2D eigenvalue weighted by Crippen LogP contribution is 2.34. The Hall–Kier alpha value is -2.34. The molecule has 0 saturated carbocycles. The Morgan fingerprint density at radius 2 is 1.97 bits per heavy atom. The molecule has 1 atom stereocenters. The molecule has 2 fully saturated rings. The number of hydrogen-bond donors (Lipinski definition) is 0. The third-order valence-electron chi connectivity index (χ3n) is 5.94. The number of aromatic nitrogens is 1. The lowest BCUT2D eigenvalue weighted by Gasteiger charge is -2.27. The fourth-order valence-corrected chi connectivity index (χ4v) is 4.39. The number of anilines is 1. The third kappa shape index (κ3) is 4.86. The molecule has 0 spiro atoms. The highest BCUT2D eigenvalue weighted by atomic mass is 16.5. The first-order valence-electron chi connectivity index (χ1n) is 11.3. The molecular formula is C24H33N3O3. The first-order valence-corrected chi connectivity index (χ1v) is 11.3. The summed E-state index contributed by atoms with van der Waals surface area (Å²) in [6.07, 6.45) is 5.06. The van der Waals surface area contributed by atoms with E-state index in [0.29, 0.717) is 25.4 Å². The summed E-state index contributed by atoms with van der Waals surface area (Å²) in [6.45, 7) is 8.05. The van der Waals surface area contributed by atoms with E-state index in [1.165, 1.54) is 0 Å². The molecule has 0 bridgehead atoms. The van der Waals surface area contributed by atoms with Gasteiger partial charge in [-0.05, 0) is 31.6 Å². The third-order valence-corrected chi connectivity index (χ3v) is 5.94. The van der Waals surface area contributed by atoms with Gasteiger partial charge in [0.1, 0.15) is 5.69 Å². The van der Waals surface area contributed by atoms with Crippen LogP contribution in [0.15, 0.2) is 34.9 Å². The van der Waals surface area contributed by atoms with Crippen molar-refractivity contribution in [1.82, 2.24) is 10.1 Å². The number of carbonyl (C=O) groups is 1. The van der Waals surface area contributed by atoms with Crippen LogP contribution in [0.1, 0.15) is 51.5 Å². The molecular weight excluding hydrogens is 378 g/mol. The molecule has 0 aliphatic carbocycles. The summed E-state index contributed by atoms with van der Waals surface area (Å²) in [7, 11) is 0. The van der Waals surface area contributed by atoms with Crippen molar-refractivity contribution in [2.45, 2.75) is 58.6 Å². The van der Waals surface area contributed by atoms with Crippen molar-refractivity contribution in [1.29, 1.82) is 0 Å². The van der Waals surface area contributed by atoms with Gasteiger partial charge in [-0.25, -0.2) is 0 Å². The zero-order chi connectivity index (χ0) is 20.9. The highest BCUT2D eigenvalue weighted by molar-refractivity contribution is 5.77. The highest BCUT2D eigenvalue weighted by Gasteiger charge is 2.29. The van der Waals surface area contributed by atoms with Crippen molar-refractivity contribution in [2.24, 2.45) is 5.92 Å². The topological polar surface area (TPSA) is 58.8 Å². The Morgan fingerprint density at radius 1 is 1.20 bits per heavy atom. The Balaban J connectivity index is 1.65. The van der Waals surface area contributed by atoms with Gasteiger partial charge in [-0.15, -0.1) is 0 Å². The van der Waals surface area contributed by atoms with Crippen LogP contribution in [0.2, 0.25) is 0 Å². The second-order valence-corrected chi connectivity index (χ2v) is 8.88. The maximum Gasteiger partial charge on any atom is 0.232 e. The molecule has 3 heterocycles. The number of rotatable bonds is 8. The van der Waals surface area contributed by atoms with Gasteiger partial charge >= 0.3 is 0 Å². The molecule has 1 aromatic carbocycles. The van der Waals surface area contributed by atoms with E-state index >= 15 is 0 Å². The standard InChI is InChI=1S/C24H33N3O3/c1-18(2)15-22(28)27(16-20-11-8-14-29-20)17-21-23(19-9-4-3-5-10-19)25-30-24(21)26-12-6-7-13-26/h3-5,9-10,18,20H,6-8,11-17H2,1-2H3/t20-/m1/s1. The van der Waals surface area contributed by atoms with Gasteiger partial charge in [-0.3, -0.25) is 4.79 Å². The van der Waals surface area contributed by atoms with Crippen molar-refractivity contribution < 1.29 is 14.1 Å². The molecule has 1 amide bonds. The van der Waals surface area contributed by atoms with Crippen LogP contribution in [0.5, 0.6) is 0 Å². The van der Waals surface area contributed by atoms with Crippen LogP contribution >= 0.6 is 0 Å². The fraction of sp³-hybridized carbons (Fsp3) is 0.583. The summed E-state index contributed by atoms with van der Waals surface area (Å²) in [5.41, 5.74) is 2.88. The normalized spacial score (nSPS) is 19.0. The lowest BCUT2D eigenvalue weighted by Crippen LogP contribution is -2.37. The van der Waals surface area contributed by atoms with Gasteiger partial charge < -0.3 is 19.1 Å². The number of ether oxygens (including phenoxy) is 1. The van der Waals surface area contributed by atoms with Crippen LogP contribution in [0.3, 0.4) is 0 Å². The van der Waals surface area contributed by atoms with Crippen molar-refractivity contribution in [3.63, 3.8) is 0 Å². The molecule has 2 aromatic rings. The minimum absolute atomic E-state index is 0.122. The van der Waals surface area contributed by atoms with Crippen molar-refractivity contribution in [3.8, 4) is 11.3 Å². The van der Waals surface area contributed by atoms with Gasteiger partial charge in [0.25, 0.3) is 0 Å². The molecule has 6 nitrogen and oxygen atoms in total. The summed E-state index contributed by atoms with van der Waals surface area (Å²) < 4.78 is 11.7. The molecule has 0 radical (unpaired) electrons. The van der Waals surface area contributed by atoms with Gasteiger partial charge in [-0.1, -0.05) is 49.3 Å². The lowest BCUT2D eigenvalue weighted by molar-refractivity contribution is -0.134. The minimum atomic E-state index is 0.122. The minimum Gasteiger partial charge on any atom is -0.376 e. The van der Waals surface area contributed by atoms with Gasteiger partial charge in [-0.2, -0.15) is 0 Å². The first-order chi connectivity index (χ1) is 14.6. The van der Waals surface area contributed by atoms with Crippen LogP contribution in [0.4, 0.5) is 5.88 Å². The van der Waals surface area contributed by atoms with Crippen LogP contribution in [-0.4, -0.2) is 48.3 Å². The summed E-state index contributed by atoms with van der Waals surface area (Å²) in [5.74, 6) is 1.31. The van der Waals surface area contributed by atoms with E-state index < -0.39 is 0 Å². The quantitative estimate of drug-likeness (QED) is 0.640. The van der Waals surface area contributed by atoms with Gasteiger partial charge in [0.2, 0.25) is 11.8 Å². The Kier molecular flexibility index (Phi) is 6.72. The monoisotopic (exact) mass is 411 g/mol. The predicted molar refractivity (Wildman–Crippen MR) is 117 cm³/mol. The molecule has 162 valence electrons. The van der Waals surface area contributed by atoms with E-state index in [-0.39, 0.29) is 12.0 Å². The van der Waals surface area contributed by atoms with E-state index in [2.05, 4.69) is 36.0 Å². The average molecular weight is 412 g/mol. The van der Waals surface area contributed by atoms with Crippen LogP contribution in [-0.2, 0) is 16.1 Å². The first kappa shape index (κ1) is 20.9. The van der Waals surface area contributed by atoms with E-state index in [1.807, 2.05) is 23.1 Å². The zero-order valence-electron chi connectivity index (χ0n) is 18.2. The summed E-state index contributed by atoms with van der Waals surface area (Å²) >= 11 is 0. The van der Waals surface area contributed by atoms with Gasteiger partial charge in [0, 0.05) is 38.2 Å². The lowest BCUT2D eigenvalue weighted by atomic mass is 10.1. The van der Waals surface area contributed by atoms with Gasteiger partial charge in [0.15, 0.2) is 0 Å². The van der Waals surface area contributed by atoms with Crippen LogP contribution in [0.25, 0.3) is 11.3 Å². The summed E-state index contributed by atoms with van der Waals surface area (Å²) in [4.78, 5) is 17.4. The maximum atomic E-state index is 13.2. The smallest absolute Gasteiger partial charge is 0.232 e. The van der Waals surface area contributed by atoms with E-state index in [1.54, 1.807) is 0 Å². The summed E-state index contributed by atoms with van der Waals surface area (Å²) in [5, 5.41) is 4.45. The second-order valence-electron chi connectivity index (χ2n) is 8.88. The second kappa shape index (κ2) is 9.65. The van der Waals surface area contributed by atoms with Crippen LogP contribution in [0, 0.1) is 5.92 Å². The SMILES string of the molecule is CC(C)CC(=O)N(Cc1c(-c2ccccc2)noc1N1CCCC1)C[C@H]1CCCO1. The average Bonchev–Trinajstić information content (AvgIpc) is 3.49. The van der Waals surface area contributed by atoms with Crippen LogP contribution < -0.4 is 4.90 Å². The maximum absolute atomic E-state index is 13.2. The molecule has 6 heteroatoms. The summed E-state index contributed by atoms with van der Waals surface area (Å²) in [6, 6.07) is 10.1. The molecule has 4 rings (SSSR count). The predicted octanol–water partition coefficient (Wildman–Crippen LogP) is 4.50. The van der Waals surface area contributed by atoms with E-state index in [4.69, 9.17) is 9.26 Å². The fourth-order valence-electron chi connectivity index (χ4n) is 4.39. The van der Waals surface area contributed by atoms with Crippen molar-refractivity contribution >= 4 is 11.8 Å². The Labute approximate surface area is 179 Å². The number of amides is 1. The molecule has 2 saturated heterocycles. The molecule has 0 N–H and O–H groups in total. The van der Waals surface area contributed by atoms with Gasteiger partial charge in [0.05, 0.1) is 18.2 Å². The number of nitrogens with zero attached hydrogens (tertiary/aromatic N) is 3. The molecule has 1 aromatic heterocycles. The zero-order valence-corrected chi connectivity index (χ0v) is 18.2. The van der Waals surface area contributed by atoms with Crippen molar-refractivity contribution in [3.05, 3.63) is 35.9 Å². The Morgan fingerprint density at radius 3 is 2.63 bits per heavy atom. The largest absolute Gasteiger partial charge is 0.376 e. The number of hydrogen-bond acceptors (Lipinski definition) is 5. The van der Waals surface area contributed by atoms with Crippen molar-refractivity contribution in [2.75, 3.05) is 31.1 Å². The van der Waals surface area contributed by atoms with E-state index in [0.717, 1.165) is 68.1 Å². The molecule has 0 unspecified atom stereocenters.